The maximum atomic E-state index is 11.7. The number of furan rings is 1. The summed E-state index contributed by atoms with van der Waals surface area (Å²) in [6, 6.07) is 2.96. The highest BCUT2D eigenvalue weighted by Crippen LogP contribution is 2.11. The van der Waals surface area contributed by atoms with Crippen LogP contribution in [0.1, 0.15) is 21.9 Å². The molecule has 6 heteroatoms. The van der Waals surface area contributed by atoms with Crippen LogP contribution in [0.4, 0.5) is 0 Å². The molecule has 0 radical (unpaired) electrons. The van der Waals surface area contributed by atoms with Crippen LogP contribution >= 0.6 is 0 Å². The molecule has 0 saturated heterocycles. The van der Waals surface area contributed by atoms with Crippen LogP contribution in [0.2, 0.25) is 0 Å². The fourth-order valence-electron chi connectivity index (χ4n) is 1.19. The third-order valence-corrected chi connectivity index (χ3v) is 1.98. The summed E-state index contributed by atoms with van der Waals surface area (Å²) in [6.45, 7) is -0.267. The summed E-state index contributed by atoms with van der Waals surface area (Å²) in [7, 11) is 0. The highest BCUT2D eigenvalue weighted by atomic mass is 16.4. The summed E-state index contributed by atoms with van der Waals surface area (Å²) in [5.41, 5.74) is -0.300. The van der Waals surface area contributed by atoms with Crippen molar-refractivity contribution in [1.82, 2.24) is 9.97 Å². The highest BCUT2D eigenvalue weighted by Gasteiger charge is 2.13. The van der Waals surface area contributed by atoms with Crippen LogP contribution in [-0.2, 0) is 6.61 Å². The average molecular weight is 220 g/mol. The Morgan fingerprint density at radius 3 is 2.88 bits per heavy atom. The second-order valence-corrected chi connectivity index (χ2v) is 3.06. The maximum absolute atomic E-state index is 11.7. The van der Waals surface area contributed by atoms with Crippen molar-refractivity contribution >= 4 is 5.78 Å². The number of nitrogens with zero attached hydrogens (tertiary/aromatic N) is 1. The Morgan fingerprint density at radius 1 is 1.50 bits per heavy atom. The van der Waals surface area contributed by atoms with Crippen LogP contribution in [0, 0.1) is 0 Å². The Hall–Kier alpha value is -2.21. The predicted octanol–water partition coefficient (Wildman–Crippen LogP) is 0.0862. The maximum Gasteiger partial charge on any atom is 0.344 e. The molecule has 2 rings (SSSR count). The van der Waals surface area contributed by atoms with E-state index < -0.39 is 11.5 Å². The number of aromatic nitrogens is 2. The zero-order valence-corrected chi connectivity index (χ0v) is 8.14. The van der Waals surface area contributed by atoms with E-state index in [-0.39, 0.29) is 17.9 Å². The van der Waals surface area contributed by atoms with E-state index in [9.17, 15) is 9.59 Å². The molecule has 0 fully saturated rings. The van der Waals surface area contributed by atoms with Crippen LogP contribution < -0.4 is 5.69 Å². The van der Waals surface area contributed by atoms with Crippen molar-refractivity contribution < 1.29 is 14.3 Å². The normalized spacial score (nSPS) is 10.3. The second kappa shape index (κ2) is 4.11. The lowest BCUT2D eigenvalue weighted by Gasteiger charge is -1.95. The minimum absolute atomic E-state index is 0.0953. The number of aromatic amines is 1. The second-order valence-electron chi connectivity index (χ2n) is 3.06. The Labute approximate surface area is 89.6 Å². The zero-order valence-electron chi connectivity index (χ0n) is 8.14. The lowest BCUT2D eigenvalue weighted by Crippen LogP contribution is -2.11. The molecule has 0 aromatic carbocycles. The van der Waals surface area contributed by atoms with Crippen LogP contribution in [0.3, 0.4) is 0 Å². The molecular weight excluding hydrogens is 212 g/mol. The highest BCUT2D eigenvalue weighted by molar-refractivity contribution is 6.06. The molecule has 0 saturated carbocycles. The summed E-state index contributed by atoms with van der Waals surface area (Å²) in [5, 5.41) is 8.77. The lowest BCUT2D eigenvalue weighted by molar-refractivity contribution is 0.100. The SMILES string of the molecule is O=C(c1cnc(=O)[nH]c1)c1ccc(CO)o1. The molecule has 0 aliphatic heterocycles. The Bertz CT molecular complexity index is 550. The van der Waals surface area contributed by atoms with Crippen molar-refractivity contribution in [2.45, 2.75) is 6.61 Å². The van der Waals surface area contributed by atoms with Crippen molar-refractivity contribution in [3.8, 4) is 0 Å². The fraction of sp³-hybridized carbons (Fsp3) is 0.100. The fourth-order valence-corrected chi connectivity index (χ4v) is 1.19. The van der Waals surface area contributed by atoms with E-state index in [0.717, 1.165) is 0 Å². The quantitative estimate of drug-likeness (QED) is 0.714. The first kappa shape index (κ1) is 10.3. The molecule has 0 atom stereocenters. The van der Waals surface area contributed by atoms with E-state index >= 15 is 0 Å². The van der Waals surface area contributed by atoms with Crippen molar-refractivity contribution in [3.05, 3.63) is 52.1 Å². The van der Waals surface area contributed by atoms with Crippen LogP contribution in [0.15, 0.2) is 33.7 Å². The molecule has 0 aliphatic carbocycles. The van der Waals surface area contributed by atoms with E-state index in [1.807, 2.05) is 0 Å². The molecule has 82 valence electrons. The van der Waals surface area contributed by atoms with Gasteiger partial charge in [-0.2, -0.15) is 0 Å². The Kier molecular flexibility index (Phi) is 2.65. The third-order valence-electron chi connectivity index (χ3n) is 1.98. The van der Waals surface area contributed by atoms with E-state index in [1.54, 1.807) is 0 Å². The molecule has 6 nitrogen and oxygen atoms in total. The summed E-state index contributed by atoms with van der Waals surface area (Å²) < 4.78 is 5.06. The van der Waals surface area contributed by atoms with Gasteiger partial charge in [0.2, 0.25) is 5.78 Å². The number of rotatable bonds is 3. The molecule has 16 heavy (non-hydrogen) atoms. The summed E-state index contributed by atoms with van der Waals surface area (Å²) in [4.78, 5) is 28.2. The number of nitrogens with one attached hydrogen (secondary N) is 1. The van der Waals surface area contributed by atoms with Crippen LogP contribution in [0.5, 0.6) is 0 Å². The topological polar surface area (TPSA) is 96.2 Å². The molecular formula is C10H8N2O4. The number of ketones is 1. The number of hydrogen-bond acceptors (Lipinski definition) is 5. The number of carbonyl (C=O) groups is 1. The van der Waals surface area contributed by atoms with Gasteiger partial charge < -0.3 is 14.5 Å². The minimum atomic E-state index is -0.521. The Balaban J connectivity index is 2.31. The van der Waals surface area contributed by atoms with Crippen molar-refractivity contribution in [2.75, 3.05) is 0 Å². The van der Waals surface area contributed by atoms with E-state index in [0.29, 0.717) is 5.76 Å². The minimum Gasteiger partial charge on any atom is -0.455 e. The predicted molar refractivity (Wildman–Crippen MR) is 52.9 cm³/mol. The van der Waals surface area contributed by atoms with Gasteiger partial charge in [-0.05, 0) is 12.1 Å². The molecule has 0 aliphatic rings. The zero-order chi connectivity index (χ0) is 11.5. The summed E-state index contributed by atoms with van der Waals surface area (Å²) in [5.74, 6) is 0.00193. The van der Waals surface area contributed by atoms with Gasteiger partial charge in [0, 0.05) is 12.4 Å². The smallest absolute Gasteiger partial charge is 0.344 e. The molecule has 2 heterocycles. The van der Waals surface area contributed by atoms with Gasteiger partial charge >= 0.3 is 5.69 Å². The third kappa shape index (κ3) is 1.91. The molecule has 2 aromatic heterocycles. The molecule has 0 unspecified atom stereocenters. The van der Waals surface area contributed by atoms with E-state index in [1.165, 1.54) is 24.5 Å². The van der Waals surface area contributed by atoms with Crippen molar-refractivity contribution in [1.29, 1.82) is 0 Å². The number of hydrogen-bond donors (Lipinski definition) is 2. The van der Waals surface area contributed by atoms with Gasteiger partial charge in [-0.3, -0.25) is 4.79 Å². The van der Waals surface area contributed by atoms with Gasteiger partial charge in [-0.1, -0.05) is 0 Å². The van der Waals surface area contributed by atoms with Crippen LogP contribution in [0.25, 0.3) is 0 Å². The summed E-state index contributed by atoms with van der Waals surface area (Å²) >= 11 is 0. The van der Waals surface area contributed by atoms with Gasteiger partial charge in [0.05, 0.1) is 5.56 Å². The van der Waals surface area contributed by atoms with Crippen LogP contribution in [-0.4, -0.2) is 20.9 Å². The molecule has 0 bridgehead atoms. The van der Waals surface area contributed by atoms with Crippen molar-refractivity contribution in [2.24, 2.45) is 0 Å². The number of H-pyrrole nitrogens is 1. The molecule has 2 aromatic rings. The lowest BCUT2D eigenvalue weighted by atomic mass is 10.2. The Morgan fingerprint density at radius 2 is 2.31 bits per heavy atom. The van der Waals surface area contributed by atoms with E-state index in [4.69, 9.17) is 9.52 Å². The van der Waals surface area contributed by atoms with Gasteiger partial charge in [0.25, 0.3) is 0 Å². The van der Waals surface area contributed by atoms with E-state index in [2.05, 4.69) is 9.97 Å². The van der Waals surface area contributed by atoms with Gasteiger partial charge in [-0.25, -0.2) is 9.78 Å². The van der Waals surface area contributed by atoms with Gasteiger partial charge in [-0.15, -0.1) is 0 Å². The van der Waals surface area contributed by atoms with Crippen molar-refractivity contribution in [3.63, 3.8) is 0 Å². The standard InChI is InChI=1S/C10H8N2O4/c13-5-7-1-2-8(16-7)9(14)6-3-11-10(15)12-4-6/h1-4,13H,5H2,(H,11,12,15). The monoisotopic (exact) mass is 220 g/mol. The number of aliphatic hydroxyl groups excluding tert-OH is 1. The first-order chi connectivity index (χ1) is 7.70. The molecule has 0 amide bonds. The number of aliphatic hydroxyl groups is 1. The average Bonchev–Trinajstić information content (AvgIpc) is 2.77. The summed E-state index contributed by atoms with van der Waals surface area (Å²) in [6.07, 6.45) is 2.43. The van der Waals surface area contributed by atoms with Gasteiger partial charge in [0.1, 0.15) is 12.4 Å². The molecule has 0 spiro atoms. The first-order valence-electron chi connectivity index (χ1n) is 4.49. The first-order valence-corrected chi connectivity index (χ1v) is 4.49. The molecule has 2 N–H and O–H groups in total. The van der Waals surface area contributed by atoms with Gasteiger partial charge in [0.15, 0.2) is 5.76 Å². The number of carbonyl (C=O) groups excluding carboxylic acids is 1. The largest absolute Gasteiger partial charge is 0.455 e.